The molecule has 0 aromatic carbocycles. The van der Waals surface area contributed by atoms with E-state index in [1.165, 1.54) is 0 Å². The largest absolute Gasteiger partial charge is 0.393 e. The molecule has 0 N–H and O–H groups in total. The van der Waals surface area contributed by atoms with Crippen molar-refractivity contribution in [2.75, 3.05) is 0 Å². The van der Waals surface area contributed by atoms with Crippen molar-refractivity contribution in [2.24, 2.45) is 80.8 Å². The number of Topliss-reactive ketones (excluding diaryl/α,β-unsaturated/α-hetero) is 2. The fourth-order valence-corrected chi connectivity index (χ4v) is 13.1. The fourth-order valence-electron chi connectivity index (χ4n) is 13.1. The van der Waals surface area contributed by atoms with Crippen molar-refractivity contribution in [1.29, 1.82) is 0 Å². The molecule has 4 spiro atoms. The van der Waals surface area contributed by atoms with Crippen LogP contribution in [0.25, 0.3) is 0 Å². The summed E-state index contributed by atoms with van der Waals surface area (Å²) in [5, 5.41) is 0. The Morgan fingerprint density at radius 3 is 1.62 bits per heavy atom. The molecule has 8 fully saturated rings. The predicted molar refractivity (Wildman–Crippen MR) is 93.3 cm³/mol. The minimum absolute atomic E-state index is 0.208. The number of ether oxygens (including phenoxy) is 1. The summed E-state index contributed by atoms with van der Waals surface area (Å²) in [4.78, 5) is 54.9. The number of fused-ring (bicyclic) bond motifs is 2. The number of rotatable bonds is 0. The maximum atomic E-state index is 14.7. The molecule has 0 radical (unpaired) electrons. The normalized spacial score (nSPS) is 73.4. The fraction of sp³-hybridized carbons (Fsp3) is 0.667. The Hall–Kier alpha value is -2.04. The van der Waals surface area contributed by atoms with E-state index in [2.05, 4.69) is 12.2 Å². The van der Waals surface area contributed by atoms with Gasteiger partial charge in [-0.25, -0.2) is 0 Å². The summed E-state index contributed by atoms with van der Waals surface area (Å²) >= 11 is 0. The van der Waals surface area contributed by atoms with E-state index in [1.54, 1.807) is 0 Å². The average molecular weight is 386 g/mol. The van der Waals surface area contributed by atoms with Crippen molar-refractivity contribution in [1.82, 2.24) is 0 Å². The van der Waals surface area contributed by atoms with Crippen molar-refractivity contribution in [3.8, 4) is 0 Å². The molecule has 7 saturated carbocycles. The summed E-state index contributed by atoms with van der Waals surface area (Å²) in [6, 6.07) is 0. The standard InChI is InChI=1S/C24H18O5/c25-17-13-9-3-4-10(14(13)18(26)29-17)24-12-6-11-15-16(12)22(20(24)28)8-2-1-7(5-8)21(15,22)19(27)23(9,11)24/h1-4,7-16H,5-6H2/t7-,8+,9-,10+,11+,12-,13+,14-,15+,16-,21-,22+,23+,24-. The van der Waals surface area contributed by atoms with Crippen LogP contribution in [0.15, 0.2) is 24.3 Å². The van der Waals surface area contributed by atoms with Crippen LogP contribution in [-0.2, 0) is 23.9 Å². The third-order valence-corrected chi connectivity index (χ3v) is 12.6. The zero-order valence-corrected chi connectivity index (χ0v) is 15.5. The van der Waals surface area contributed by atoms with E-state index >= 15 is 0 Å². The first kappa shape index (κ1) is 14.1. The Labute approximate surface area is 165 Å². The second-order valence-corrected chi connectivity index (χ2v) is 11.7. The second kappa shape index (κ2) is 3.21. The highest BCUT2D eigenvalue weighted by Gasteiger charge is 3.08. The molecular formula is C24H18O5. The van der Waals surface area contributed by atoms with Crippen LogP contribution in [0, 0.1) is 80.8 Å². The van der Waals surface area contributed by atoms with Crippen molar-refractivity contribution in [3.05, 3.63) is 24.3 Å². The van der Waals surface area contributed by atoms with Gasteiger partial charge in [0.1, 0.15) is 11.6 Å². The lowest BCUT2D eigenvalue weighted by Crippen LogP contribution is -2.75. The monoisotopic (exact) mass is 386 g/mol. The summed E-state index contributed by atoms with van der Waals surface area (Å²) in [6.45, 7) is 0. The molecule has 0 aromatic rings. The van der Waals surface area contributed by atoms with Gasteiger partial charge in [0.15, 0.2) is 0 Å². The summed E-state index contributed by atoms with van der Waals surface area (Å²) < 4.78 is 5.12. The first-order valence-electron chi connectivity index (χ1n) is 11.2. The Balaban J connectivity index is 1.39. The van der Waals surface area contributed by atoms with Crippen LogP contribution in [0.1, 0.15) is 12.8 Å². The third kappa shape index (κ3) is 0.740. The van der Waals surface area contributed by atoms with Gasteiger partial charge in [0, 0.05) is 11.8 Å². The average Bonchev–Trinajstić information content (AvgIpc) is 3.48. The second-order valence-electron chi connectivity index (χ2n) is 11.7. The number of carbonyl (C=O) groups excluding carboxylic acids is 4. The zero-order valence-electron chi connectivity index (χ0n) is 15.5. The molecule has 5 nitrogen and oxygen atoms in total. The smallest absolute Gasteiger partial charge is 0.318 e. The number of esters is 2. The molecule has 1 saturated heterocycles. The van der Waals surface area contributed by atoms with Crippen LogP contribution in [0.3, 0.4) is 0 Å². The molecule has 0 unspecified atom stereocenters. The molecule has 11 aliphatic rings. The number of hydrogen-bond donors (Lipinski definition) is 0. The summed E-state index contributed by atoms with van der Waals surface area (Å²) in [7, 11) is 0. The van der Waals surface area contributed by atoms with Crippen LogP contribution < -0.4 is 0 Å². The van der Waals surface area contributed by atoms with Gasteiger partial charge in [-0.1, -0.05) is 24.3 Å². The quantitative estimate of drug-likeness (QED) is 0.357. The van der Waals surface area contributed by atoms with E-state index in [9.17, 15) is 19.2 Å². The molecule has 1 aliphatic heterocycles. The van der Waals surface area contributed by atoms with Crippen LogP contribution in [0.5, 0.6) is 0 Å². The van der Waals surface area contributed by atoms with E-state index in [-0.39, 0.29) is 35.5 Å². The zero-order chi connectivity index (χ0) is 19.0. The van der Waals surface area contributed by atoms with Gasteiger partial charge in [0.2, 0.25) is 0 Å². The molecule has 0 aromatic heterocycles. The summed E-state index contributed by atoms with van der Waals surface area (Å²) in [5.41, 5.74) is -2.45. The predicted octanol–water partition coefficient (Wildman–Crippen LogP) is 1.33. The van der Waals surface area contributed by atoms with E-state index in [0.717, 1.165) is 12.8 Å². The first-order chi connectivity index (χ1) is 14.0. The molecule has 1 heterocycles. The lowest BCUT2D eigenvalue weighted by molar-refractivity contribution is -0.201. The Morgan fingerprint density at radius 2 is 1.14 bits per heavy atom. The molecule has 10 aliphatic carbocycles. The van der Waals surface area contributed by atoms with Gasteiger partial charge in [-0.15, -0.1) is 0 Å². The van der Waals surface area contributed by atoms with Crippen LogP contribution >= 0.6 is 0 Å². The van der Waals surface area contributed by atoms with Gasteiger partial charge in [0.05, 0.1) is 33.5 Å². The van der Waals surface area contributed by atoms with Crippen LogP contribution in [0.2, 0.25) is 0 Å². The van der Waals surface area contributed by atoms with Gasteiger partial charge < -0.3 is 4.74 Å². The number of cyclic esters (lactones) is 2. The van der Waals surface area contributed by atoms with Gasteiger partial charge in [-0.05, 0) is 48.3 Å². The highest BCUT2D eigenvalue weighted by atomic mass is 16.6. The van der Waals surface area contributed by atoms with Crippen molar-refractivity contribution >= 4 is 23.5 Å². The number of allylic oxidation sites excluding steroid dienone is 4. The lowest BCUT2D eigenvalue weighted by Gasteiger charge is -2.66. The number of hydrogen-bond acceptors (Lipinski definition) is 5. The maximum absolute atomic E-state index is 14.7. The number of ketones is 2. The molecule has 11 rings (SSSR count). The van der Waals surface area contributed by atoms with E-state index in [1.807, 2.05) is 12.2 Å². The minimum atomic E-state index is -0.738. The first-order valence-corrected chi connectivity index (χ1v) is 11.2. The Morgan fingerprint density at radius 1 is 0.655 bits per heavy atom. The third-order valence-electron chi connectivity index (χ3n) is 12.6. The van der Waals surface area contributed by atoms with Crippen molar-refractivity contribution < 1.29 is 23.9 Å². The van der Waals surface area contributed by atoms with Gasteiger partial charge >= 0.3 is 11.9 Å². The Bertz CT molecular complexity index is 1090. The molecule has 5 heteroatoms. The lowest BCUT2D eigenvalue weighted by atomic mass is 9.33. The Kier molecular flexibility index (Phi) is 1.56. The highest BCUT2D eigenvalue weighted by molar-refractivity contribution is 6.19. The van der Waals surface area contributed by atoms with Crippen molar-refractivity contribution in [2.45, 2.75) is 12.8 Å². The van der Waals surface area contributed by atoms with Gasteiger partial charge in [-0.2, -0.15) is 0 Å². The maximum Gasteiger partial charge on any atom is 0.318 e. The van der Waals surface area contributed by atoms with Crippen molar-refractivity contribution in [3.63, 3.8) is 0 Å². The minimum Gasteiger partial charge on any atom is -0.393 e. The van der Waals surface area contributed by atoms with Crippen LogP contribution in [0.4, 0.5) is 0 Å². The topological polar surface area (TPSA) is 77.5 Å². The van der Waals surface area contributed by atoms with Gasteiger partial charge in [-0.3, -0.25) is 19.2 Å². The molecule has 6 bridgehead atoms. The SMILES string of the molecule is O=C1OC(=O)[C@H]2[C@@H]1[C@H]1C=C[C@@H]2[C@]23C(=O)[C@]45[C@H]6[C@@H]7[C@H](C[C@H]62)[C@]13C(=O)[C@@]74[C@@H]1C=C[C@H]5C1. The molecule has 144 valence electrons. The van der Waals surface area contributed by atoms with Gasteiger partial charge in [0.25, 0.3) is 0 Å². The van der Waals surface area contributed by atoms with E-state index in [0.29, 0.717) is 23.4 Å². The number of carbonyl (C=O) groups is 4. The van der Waals surface area contributed by atoms with E-state index in [4.69, 9.17) is 4.74 Å². The van der Waals surface area contributed by atoms with E-state index < -0.39 is 45.4 Å². The summed E-state index contributed by atoms with van der Waals surface area (Å²) in [6.07, 6.45) is 10.5. The highest BCUT2D eigenvalue weighted by Crippen LogP contribution is 3.04. The molecule has 0 amide bonds. The molecular weight excluding hydrogens is 368 g/mol. The molecule has 14 atom stereocenters. The van der Waals surface area contributed by atoms with Crippen LogP contribution in [-0.4, -0.2) is 23.5 Å². The molecule has 29 heavy (non-hydrogen) atoms. The summed E-state index contributed by atoms with van der Waals surface area (Å²) in [5.74, 6) is -0.511.